The van der Waals surface area contributed by atoms with Crippen molar-refractivity contribution in [3.05, 3.63) is 23.8 Å². The highest BCUT2D eigenvalue weighted by atomic mass is 32.1. The van der Waals surface area contributed by atoms with Crippen molar-refractivity contribution in [2.45, 2.75) is 44.8 Å². The lowest BCUT2D eigenvalue weighted by Crippen LogP contribution is -2.46. The summed E-state index contributed by atoms with van der Waals surface area (Å²) in [5, 5.41) is 13.0. The molecule has 2 fully saturated rings. The van der Waals surface area contributed by atoms with Gasteiger partial charge in [-0.05, 0) is 62.5 Å². The number of piperidine rings is 1. The number of nitrogens with zero attached hydrogens (tertiary/aromatic N) is 4. The van der Waals surface area contributed by atoms with Crippen LogP contribution in [0.15, 0.2) is 18.2 Å². The van der Waals surface area contributed by atoms with Gasteiger partial charge in [0.25, 0.3) is 0 Å². The minimum atomic E-state index is 0.320. The van der Waals surface area contributed by atoms with Crippen LogP contribution in [0.5, 0.6) is 0 Å². The van der Waals surface area contributed by atoms with Crippen molar-refractivity contribution in [1.82, 2.24) is 25.2 Å². The minimum Gasteiger partial charge on any atom is -0.376 e. The van der Waals surface area contributed by atoms with Crippen LogP contribution in [-0.4, -0.2) is 57.4 Å². The quantitative estimate of drug-likeness (QED) is 0.850. The number of likely N-dealkylation sites (tertiary alicyclic amines) is 1. The van der Waals surface area contributed by atoms with E-state index in [1.165, 1.54) is 5.56 Å². The molecule has 2 aromatic rings. The highest BCUT2D eigenvalue weighted by molar-refractivity contribution is 7.80. The summed E-state index contributed by atoms with van der Waals surface area (Å²) in [7, 11) is 0. The number of nitrogens with one attached hydrogen (secondary N) is 1. The van der Waals surface area contributed by atoms with E-state index < -0.39 is 0 Å². The van der Waals surface area contributed by atoms with E-state index in [-0.39, 0.29) is 0 Å². The van der Waals surface area contributed by atoms with E-state index in [4.69, 9.17) is 17.0 Å². The van der Waals surface area contributed by atoms with Gasteiger partial charge in [-0.2, -0.15) is 0 Å². The smallest absolute Gasteiger partial charge is 0.169 e. The molecule has 134 valence electrons. The summed E-state index contributed by atoms with van der Waals surface area (Å²) in [5.74, 6) is 0. The maximum absolute atomic E-state index is 5.65. The Morgan fingerprint density at radius 3 is 2.92 bits per heavy atom. The SMILES string of the molecule is Cc1ccc2c(c1)nnn2C1CCN(C(=S)NC[C@H]2CCCO2)CC1. The highest BCUT2D eigenvalue weighted by Crippen LogP contribution is 2.25. The summed E-state index contributed by atoms with van der Waals surface area (Å²) < 4.78 is 7.74. The molecule has 0 radical (unpaired) electrons. The van der Waals surface area contributed by atoms with Crippen molar-refractivity contribution in [1.29, 1.82) is 0 Å². The summed E-state index contributed by atoms with van der Waals surface area (Å²) in [6, 6.07) is 6.75. The van der Waals surface area contributed by atoms with E-state index in [0.717, 1.165) is 68.1 Å². The Balaban J connectivity index is 1.33. The van der Waals surface area contributed by atoms with Crippen LogP contribution in [0.2, 0.25) is 0 Å². The number of aromatic nitrogens is 3. The molecule has 0 spiro atoms. The van der Waals surface area contributed by atoms with Gasteiger partial charge in [0.1, 0.15) is 5.52 Å². The fourth-order valence-corrected chi connectivity index (χ4v) is 4.02. The third-order valence-electron chi connectivity index (χ3n) is 5.23. The van der Waals surface area contributed by atoms with Crippen molar-refractivity contribution >= 4 is 28.4 Å². The van der Waals surface area contributed by atoms with Crippen molar-refractivity contribution in [3.63, 3.8) is 0 Å². The first-order valence-corrected chi connectivity index (χ1v) is 9.57. The molecule has 1 N–H and O–H groups in total. The third-order valence-corrected chi connectivity index (χ3v) is 5.63. The fraction of sp³-hybridized carbons (Fsp3) is 0.611. The lowest BCUT2D eigenvalue weighted by molar-refractivity contribution is 0.113. The topological polar surface area (TPSA) is 55.2 Å². The predicted octanol–water partition coefficient (Wildman–Crippen LogP) is 2.43. The maximum atomic E-state index is 5.65. The second-order valence-electron chi connectivity index (χ2n) is 7.07. The first-order chi connectivity index (χ1) is 12.2. The van der Waals surface area contributed by atoms with E-state index >= 15 is 0 Å². The zero-order valence-electron chi connectivity index (χ0n) is 14.6. The number of benzene rings is 1. The second kappa shape index (κ2) is 7.25. The lowest BCUT2D eigenvalue weighted by Gasteiger charge is -2.34. The van der Waals surface area contributed by atoms with Crippen molar-refractivity contribution in [3.8, 4) is 0 Å². The number of rotatable bonds is 3. The number of fused-ring (bicyclic) bond motifs is 1. The van der Waals surface area contributed by atoms with Gasteiger partial charge in [0.15, 0.2) is 5.11 Å². The van der Waals surface area contributed by atoms with Gasteiger partial charge in [0.05, 0.1) is 17.7 Å². The Kier molecular flexibility index (Phi) is 4.85. The van der Waals surface area contributed by atoms with Crippen LogP contribution >= 0.6 is 12.2 Å². The molecule has 7 heteroatoms. The van der Waals surface area contributed by atoms with E-state index in [2.05, 4.69) is 50.3 Å². The molecule has 3 heterocycles. The van der Waals surface area contributed by atoms with Crippen molar-refractivity contribution in [2.24, 2.45) is 0 Å². The highest BCUT2D eigenvalue weighted by Gasteiger charge is 2.25. The van der Waals surface area contributed by atoms with Crippen LogP contribution in [0.3, 0.4) is 0 Å². The largest absolute Gasteiger partial charge is 0.376 e. The number of hydrogen-bond acceptors (Lipinski definition) is 4. The molecule has 4 rings (SSSR count). The van der Waals surface area contributed by atoms with Gasteiger partial charge in [0.2, 0.25) is 0 Å². The lowest BCUT2D eigenvalue weighted by atomic mass is 10.1. The van der Waals surface area contributed by atoms with Gasteiger partial charge in [-0.25, -0.2) is 4.68 Å². The summed E-state index contributed by atoms with van der Waals surface area (Å²) in [6.07, 6.45) is 4.69. The molecule has 25 heavy (non-hydrogen) atoms. The van der Waals surface area contributed by atoms with Crippen LogP contribution in [0.25, 0.3) is 11.0 Å². The van der Waals surface area contributed by atoms with Gasteiger partial charge in [-0.15, -0.1) is 5.10 Å². The van der Waals surface area contributed by atoms with Crippen LogP contribution < -0.4 is 5.32 Å². The first-order valence-electron chi connectivity index (χ1n) is 9.16. The minimum absolute atomic E-state index is 0.320. The Morgan fingerprint density at radius 2 is 2.16 bits per heavy atom. The molecule has 6 nitrogen and oxygen atoms in total. The zero-order chi connectivity index (χ0) is 17.2. The molecular weight excluding hydrogens is 334 g/mol. The summed E-state index contributed by atoms with van der Waals surface area (Å²) >= 11 is 5.56. The Hall–Kier alpha value is -1.73. The van der Waals surface area contributed by atoms with Crippen LogP contribution in [0, 0.1) is 6.92 Å². The van der Waals surface area contributed by atoms with Crippen LogP contribution in [0.4, 0.5) is 0 Å². The van der Waals surface area contributed by atoms with Crippen LogP contribution in [-0.2, 0) is 4.74 Å². The zero-order valence-corrected chi connectivity index (χ0v) is 15.5. The molecule has 2 aliphatic rings. The molecule has 0 bridgehead atoms. The normalized spacial score (nSPS) is 21.8. The molecule has 1 aromatic carbocycles. The molecule has 0 unspecified atom stereocenters. The fourth-order valence-electron chi connectivity index (χ4n) is 3.75. The van der Waals surface area contributed by atoms with E-state index in [9.17, 15) is 0 Å². The van der Waals surface area contributed by atoms with Gasteiger partial charge in [-0.3, -0.25) is 0 Å². The molecule has 2 saturated heterocycles. The summed E-state index contributed by atoms with van der Waals surface area (Å²) in [4.78, 5) is 2.27. The predicted molar refractivity (Wildman–Crippen MR) is 102 cm³/mol. The van der Waals surface area contributed by atoms with E-state index in [0.29, 0.717) is 12.1 Å². The Labute approximate surface area is 153 Å². The Morgan fingerprint density at radius 1 is 1.32 bits per heavy atom. The summed E-state index contributed by atoms with van der Waals surface area (Å²) in [5.41, 5.74) is 3.33. The van der Waals surface area contributed by atoms with E-state index in [1.54, 1.807) is 0 Å². The average Bonchev–Trinajstić information content (AvgIpc) is 3.29. The monoisotopic (exact) mass is 359 g/mol. The van der Waals surface area contributed by atoms with Crippen molar-refractivity contribution in [2.75, 3.05) is 26.2 Å². The van der Waals surface area contributed by atoms with Gasteiger partial charge in [-0.1, -0.05) is 11.3 Å². The maximum Gasteiger partial charge on any atom is 0.169 e. The number of thiocarbonyl (C=S) groups is 1. The average molecular weight is 359 g/mol. The number of hydrogen-bond donors (Lipinski definition) is 1. The van der Waals surface area contributed by atoms with Crippen molar-refractivity contribution < 1.29 is 4.74 Å². The van der Waals surface area contributed by atoms with Crippen LogP contribution in [0.1, 0.15) is 37.3 Å². The van der Waals surface area contributed by atoms with Gasteiger partial charge in [0, 0.05) is 26.2 Å². The Bertz CT molecular complexity index is 747. The second-order valence-corrected chi connectivity index (χ2v) is 7.45. The third kappa shape index (κ3) is 3.62. The van der Waals surface area contributed by atoms with Gasteiger partial charge < -0.3 is 15.0 Å². The molecular formula is C18H25N5OS. The first kappa shape index (κ1) is 16.7. The molecule has 0 aliphatic carbocycles. The molecule has 1 atom stereocenters. The molecule has 2 aliphatic heterocycles. The number of ether oxygens (including phenoxy) is 1. The summed E-state index contributed by atoms with van der Waals surface area (Å²) in [6.45, 7) is 5.70. The molecule has 1 aromatic heterocycles. The molecule has 0 saturated carbocycles. The number of aryl methyl sites for hydroxylation is 1. The van der Waals surface area contributed by atoms with Gasteiger partial charge >= 0.3 is 0 Å². The standard InChI is InChI=1S/C18H25N5OS/c1-13-4-5-17-16(11-13)20-21-23(17)14-6-8-22(9-7-14)18(25)19-12-15-3-2-10-24-15/h4-5,11,14-15H,2-3,6-10,12H2,1H3,(H,19,25)/t15-/m1/s1. The van der Waals surface area contributed by atoms with E-state index in [1.807, 2.05) is 0 Å². The molecule has 0 amide bonds.